The van der Waals surface area contributed by atoms with Gasteiger partial charge in [-0.25, -0.2) is 4.79 Å². The number of aliphatic hydroxyl groups excluding tert-OH is 1. The van der Waals surface area contributed by atoms with Gasteiger partial charge in [-0.15, -0.1) is 0 Å². The van der Waals surface area contributed by atoms with Crippen molar-refractivity contribution in [3.05, 3.63) is 18.0 Å². The number of carbonyl (C=O) groups is 2. The van der Waals surface area contributed by atoms with Crippen molar-refractivity contribution in [1.29, 1.82) is 0 Å². The highest BCUT2D eigenvalue weighted by Crippen LogP contribution is 2.36. The Morgan fingerprint density at radius 3 is 2.79 bits per heavy atom. The first-order chi connectivity index (χ1) is 13.5. The summed E-state index contributed by atoms with van der Waals surface area (Å²) in [6.45, 7) is 6.61. The summed E-state index contributed by atoms with van der Waals surface area (Å²) in [5.74, 6) is 0.713. The number of aromatic nitrogens is 2. The van der Waals surface area contributed by atoms with Gasteiger partial charge in [0.2, 0.25) is 5.91 Å². The summed E-state index contributed by atoms with van der Waals surface area (Å²) < 4.78 is 6.87. The number of carbonyl (C=O) groups excluding carboxylic acids is 2. The average molecular weight is 391 g/mol. The predicted molar refractivity (Wildman–Crippen MR) is 100 cm³/mol. The van der Waals surface area contributed by atoms with Crippen LogP contribution in [0.1, 0.15) is 18.5 Å². The summed E-state index contributed by atoms with van der Waals surface area (Å²) in [5, 5.41) is 17.8. The van der Waals surface area contributed by atoms with Crippen LogP contribution < -0.4 is 5.32 Å². The molecule has 3 fully saturated rings. The lowest BCUT2D eigenvalue weighted by Gasteiger charge is -2.35. The minimum atomic E-state index is -0.538. The van der Waals surface area contributed by atoms with Crippen LogP contribution in [0.5, 0.6) is 0 Å². The first-order valence-electron chi connectivity index (χ1n) is 10.1. The minimum absolute atomic E-state index is 0.00844. The summed E-state index contributed by atoms with van der Waals surface area (Å²) in [5.41, 5.74) is 1.16. The molecule has 9 heteroatoms. The van der Waals surface area contributed by atoms with Crippen LogP contribution in [-0.4, -0.2) is 88.2 Å². The molecule has 2 N–H and O–H groups in total. The van der Waals surface area contributed by atoms with Crippen molar-refractivity contribution in [2.24, 2.45) is 11.8 Å². The van der Waals surface area contributed by atoms with Crippen LogP contribution in [0.4, 0.5) is 4.79 Å². The molecule has 1 aromatic heterocycles. The maximum atomic E-state index is 12.3. The van der Waals surface area contributed by atoms with Crippen molar-refractivity contribution in [3.63, 3.8) is 0 Å². The van der Waals surface area contributed by atoms with Crippen molar-refractivity contribution >= 4 is 12.0 Å². The zero-order valence-corrected chi connectivity index (χ0v) is 16.3. The molecular weight excluding hydrogens is 362 g/mol. The zero-order chi connectivity index (χ0) is 19.7. The number of fused-ring (bicyclic) bond motifs is 1. The van der Waals surface area contributed by atoms with Crippen LogP contribution in [0.3, 0.4) is 0 Å². The van der Waals surface area contributed by atoms with Crippen LogP contribution in [-0.2, 0) is 16.1 Å². The molecule has 154 valence electrons. The fraction of sp³-hybridized carbons (Fsp3) is 0.737. The quantitative estimate of drug-likeness (QED) is 0.699. The van der Waals surface area contributed by atoms with Gasteiger partial charge in [0, 0.05) is 31.5 Å². The van der Waals surface area contributed by atoms with Gasteiger partial charge < -0.3 is 20.1 Å². The van der Waals surface area contributed by atoms with E-state index in [1.54, 1.807) is 0 Å². The smallest absolute Gasteiger partial charge is 0.410 e. The van der Waals surface area contributed by atoms with Crippen LogP contribution in [0.25, 0.3) is 0 Å². The molecule has 28 heavy (non-hydrogen) atoms. The molecule has 2 aliphatic heterocycles. The van der Waals surface area contributed by atoms with E-state index >= 15 is 0 Å². The Bertz CT molecular complexity index is 723. The molecule has 4 atom stereocenters. The molecule has 0 aromatic carbocycles. The molecular formula is C19H29N5O4. The molecule has 2 amide bonds. The van der Waals surface area contributed by atoms with Gasteiger partial charge >= 0.3 is 6.09 Å². The number of nitrogens with zero attached hydrogens (tertiary/aromatic N) is 4. The molecule has 3 heterocycles. The molecule has 1 aliphatic carbocycles. The SMILES string of the molecule is Cc1ccnn1CCN1C[C@H]2C[C@H](O)[C@@H](NC(=O)CN3CCOC3=O)C[C@H]2C1. The van der Waals surface area contributed by atoms with E-state index in [2.05, 4.69) is 22.2 Å². The van der Waals surface area contributed by atoms with Crippen LogP contribution in [0.15, 0.2) is 12.3 Å². The molecule has 0 radical (unpaired) electrons. The maximum Gasteiger partial charge on any atom is 0.410 e. The second kappa shape index (κ2) is 8.08. The lowest BCUT2D eigenvalue weighted by Crippen LogP contribution is -2.51. The molecule has 0 unspecified atom stereocenters. The lowest BCUT2D eigenvalue weighted by molar-refractivity contribution is -0.123. The van der Waals surface area contributed by atoms with E-state index in [9.17, 15) is 14.7 Å². The van der Waals surface area contributed by atoms with Crippen molar-refractivity contribution in [2.45, 2.75) is 38.5 Å². The first kappa shape index (κ1) is 19.2. The topological polar surface area (TPSA) is 99.9 Å². The normalized spacial score (nSPS) is 30.4. The van der Waals surface area contributed by atoms with Crippen molar-refractivity contribution in [2.75, 3.05) is 39.3 Å². The number of rotatable bonds is 6. The fourth-order valence-electron chi connectivity index (χ4n) is 4.73. The van der Waals surface area contributed by atoms with Crippen LogP contribution in [0, 0.1) is 18.8 Å². The molecule has 0 spiro atoms. The summed E-state index contributed by atoms with van der Waals surface area (Å²) >= 11 is 0. The van der Waals surface area contributed by atoms with Gasteiger partial charge in [0.05, 0.1) is 25.2 Å². The molecule has 2 saturated heterocycles. The Morgan fingerprint density at radius 1 is 1.32 bits per heavy atom. The Labute approximate surface area is 164 Å². The standard InChI is InChI=1S/C19H29N5O4/c1-13-2-3-20-24(13)5-4-22-10-14-8-16(17(25)9-15(14)11-22)21-18(26)12-23-6-7-28-19(23)27/h2-3,14-17,25H,4-12H2,1H3,(H,21,26)/t14-,15+,16-,17-/m0/s1. The molecule has 3 aliphatic rings. The van der Waals surface area contributed by atoms with Crippen molar-refractivity contribution in [1.82, 2.24) is 24.9 Å². The summed E-state index contributed by atoms with van der Waals surface area (Å²) in [7, 11) is 0. The van der Waals surface area contributed by atoms with E-state index in [4.69, 9.17) is 4.74 Å². The van der Waals surface area contributed by atoms with Crippen LogP contribution in [0.2, 0.25) is 0 Å². The summed E-state index contributed by atoms with van der Waals surface area (Å²) in [6.07, 6.45) is 2.32. The lowest BCUT2D eigenvalue weighted by atomic mass is 9.77. The number of hydrogen-bond donors (Lipinski definition) is 2. The largest absolute Gasteiger partial charge is 0.448 e. The molecule has 0 bridgehead atoms. The molecule has 9 nitrogen and oxygen atoms in total. The third-order valence-electron chi connectivity index (χ3n) is 6.30. The molecule has 1 aromatic rings. The van der Waals surface area contributed by atoms with Crippen molar-refractivity contribution < 1.29 is 19.4 Å². The van der Waals surface area contributed by atoms with Gasteiger partial charge in [-0.1, -0.05) is 0 Å². The fourth-order valence-corrected chi connectivity index (χ4v) is 4.73. The Kier molecular flexibility index (Phi) is 5.54. The predicted octanol–water partition coefficient (Wildman–Crippen LogP) is -0.169. The van der Waals surface area contributed by atoms with E-state index in [1.807, 2.05) is 16.9 Å². The molecule has 1 saturated carbocycles. The highest BCUT2D eigenvalue weighted by Gasteiger charge is 2.42. The Morgan fingerprint density at radius 2 is 2.11 bits per heavy atom. The number of nitrogens with one attached hydrogen (secondary N) is 1. The van der Waals surface area contributed by atoms with Gasteiger partial charge in [0.25, 0.3) is 0 Å². The number of hydrogen-bond acceptors (Lipinski definition) is 6. The van der Waals surface area contributed by atoms with Crippen molar-refractivity contribution in [3.8, 4) is 0 Å². The average Bonchev–Trinajstić information content (AvgIpc) is 3.34. The number of likely N-dealkylation sites (tertiary alicyclic amines) is 1. The van der Waals surface area contributed by atoms with E-state index in [1.165, 1.54) is 4.90 Å². The number of cyclic esters (lactones) is 1. The van der Waals surface area contributed by atoms with E-state index < -0.39 is 12.2 Å². The van der Waals surface area contributed by atoms with Gasteiger partial charge in [-0.05, 0) is 37.7 Å². The molecule has 4 rings (SSSR count). The highest BCUT2D eigenvalue weighted by molar-refractivity contribution is 5.83. The van der Waals surface area contributed by atoms with Gasteiger partial charge in [0.1, 0.15) is 13.2 Å². The number of amides is 2. The maximum absolute atomic E-state index is 12.3. The summed E-state index contributed by atoms with van der Waals surface area (Å²) in [6, 6.07) is 1.76. The third-order valence-corrected chi connectivity index (χ3v) is 6.30. The second-order valence-corrected chi connectivity index (χ2v) is 8.22. The summed E-state index contributed by atoms with van der Waals surface area (Å²) in [4.78, 5) is 27.6. The monoisotopic (exact) mass is 391 g/mol. The van der Waals surface area contributed by atoms with E-state index in [0.29, 0.717) is 31.4 Å². The van der Waals surface area contributed by atoms with Gasteiger partial charge in [-0.2, -0.15) is 5.10 Å². The second-order valence-electron chi connectivity index (χ2n) is 8.22. The highest BCUT2D eigenvalue weighted by atomic mass is 16.6. The minimum Gasteiger partial charge on any atom is -0.448 e. The number of aliphatic hydroxyl groups is 1. The number of ether oxygens (including phenoxy) is 1. The van der Waals surface area contributed by atoms with Crippen LogP contribution >= 0.6 is 0 Å². The third kappa shape index (κ3) is 4.15. The van der Waals surface area contributed by atoms with E-state index in [0.717, 1.165) is 38.3 Å². The van der Waals surface area contributed by atoms with Gasteiger partial charge in [0.15, 0.2) is 0 Å². The number of aryl methyl sites for hydroxylation is 1. The zero-order valence-electron chi connectivity index (χ0n) is 16.3. The Hall–Kier alpha value is -2.13. The van der Waals surface area contributed by atoms with Gasteiger partial charge in [-0.3, -0.25) is 14.4 Å². The van der Waals surface area contributed by atoms with E-state index in [-0.39, 0.29) is 18.5 Å². The Balaban J connectivity index is 1.26. The first-order valence-corrected chi connectivity index (χ1v) is 10.1.